The molecule has 9 nitrogen and oxygen atoms in total. The summed E-state index contributed by atoms with van der Waals surface area (Å²) < 4.78 is 44.9. The number of anilines is 3. The standard InChI is InChI=1S/C19H24F3N7O2/c1-9-14-16(28(3)15(10(2)31-4)17(30)25-14)26-18(23-9)24-11-7-12(8-11)29-6-5-13(27-29)19(20,21)22/h5-6,10-12,15H,7-8H2,1-4H3,(H,25,30)(H,23,24,26)/t10?,11-,12-,15-/m0/s1. The van der Waals surface area contributed by atoms with Crippen molar-refractivity contribution in [3.05, 3.63) is 23.7 Å². The zero-order valence-corrected chi connectivity index (χ0v) is 17.6. The molecule has 4 rings (SSSR count). The molecule has 0 aromatic carbocycles. The average Bonchev–Trinajstić information content (AvgIpc) is 3.15. The van der Waals surface area contributed by atoms with Crippen LogP contribution in [0, 0.1) is 6.92 Å². The van der Waals surface area contributed by atoms with Crippen LogP contribution in [0.1, 0.15) is 37.2 Å². The Labute approximate surface area is 177 Å². The van der Waals surface area contributed by atoms with Crippen molar-refractivity contribution >= 4 is 23.4 Å². The van der Waals surface area contributed by atoms with Crippen molar-refractivity contribution in [2.75, 3.05) is 29.7 Å². The van der Waals surface area contributed by atoms with Gasteiger partial charge in [-0.05, 0) is 32.8 Å². The Morgan fingerprint density at radius 1 is 1.32 bits per heavy atom. The SMILES string of the molecule is COC(C)[C@H]1C(=O)Nc2c(C)nc(N[C@H]3C[C@H](n4ccc(C(F)(F)F)n4)C3)nc2N1C. The van der Waals surface area contributed by atoms with Gasteiger partial charge in [0.05, 0.1) is 17.8 Å². The highest BCUT2D eigenvalue weighted by molar-refractivity contribution is 6.03. The Morgan fingerprint density at radius 2 is 2.03 bits per heavy atom. The van der Waals surface area contributed by atoms with E-state index >= 15 is 0 Å². The molecule has 1 amide bonds. The lowest BCUT2D eigenvalue weighted by molar-refractivity contribution is -0.141. The van der Waals surface area contributed by atoms with E-state index in [4.69, 9.17) is 4.74 Å². The van der Waals surface area contributed by atoms with Crippen molar-refractivity contribution in [3.8, 4) is 0 Å². The highest BCUT2D eigenvalue weighted by Crippen LogP contribution is 2.37. The third kappa shape index (κ3) is 3.91. The number of aromatic nitrogens is 4. The molecule has 1 saturated carbocycles. The van der Waals surface area contributed by atoms with Crippen LogP contribution in [0.15, 0.2) is 12.3 Å². The number of carbonyl (C=O) groups is 1. The van der Waals surface area contributed by atoms with E-state index in [1.165, 1.54) is 10.9 Å². The lowest BCUT2D eigenvalue weighted by Crippen LogP contribution is -2.53. The van der Waals surface area contributed by atoms with Crippen molar-refractivity contribution < 1.29 is 22.7 Å². The number of hydrogen-bond acceptors (Lipinski definition) is 7. The number of nitrogens with zero attached hydrogens (tertiary/aromatic N) is 5. The fraction of sp³-hybridized carbons (Fsp3) is 0.579. The van der Waals surface area contributed by atoms with Gasteiger partial charge < -0.3 is 20.3 Å². The molecule has 168 valence electrons. The Balaban J connectivity index is 1.45. The zero-order valence-electron chi connectivity index (χ0n) is 17.6. The summed E-state index contributed by atoms with van der Waals surface area (Å²) in [6.45, 7) is 3.60. The number of likely N-dealkylation sites (N-methyl/N-ethyl adjacent to an activating group) is 1. The number of aryl methyl sites for hydroxylation is 1. The first-order chi connectivity index (χ1) is 14.6. The minimum atomic E-state index is -4.44. The van der Waals surface area contributed by atoms with E-state index in [1.807, 2.05) is 6.92 Å². The molecule has 0 saturated heterocycles. The third-order valence-electron chi connectivity index (χ3n) is 5.87. The summed E-state index contributed by atoms with van der Waals surface area (Å²) in [5.41, 5.74) is 0.289. The van der Waals surface area contributed by atoms with E-state index in [2.05, 4.69) is 25.7 Å². The normalized spacial score (nSPS) is 24.3. The number of hydrogen-bond donors (Lipinski definition) is 2. The molecule has 12 heteroatoms. The summed E-state index contributed by atoms with van der Waals surface area (Å²) in [7, 11) is 3.33. The quantitative estimate of drug-likeness (QED) is 0.739. The number of nitrogens with one attached hydrogen (secondary N) is 2. The molecule has 1 aliphatic carbocycles. The minimum absolute atomic E-state index is 0.0122. The van der Waals surface area contributed by atoms with Gasteiger partial charge in [0.25, 0.3) is 0 Å². The molecule has 31 heavy (non-hydrogen) atoms. The maximum atomic E-state index is 12.7. The van der Waals surface area contributed by atoms with E-state index in [1.54, 1.807) is 26.0 Å². The number of rotatable bonds is 5. The average molecular weight is 439 g/mol. The van der Waals surface area contributed by atoms with E-state index in [-0.39, 0.29) is 24.1 Å². The van der Waals surface area contributed by atoms with Crippen molar-refractivity contribution in [2.45, 2.75) is 57.1 Å². The first-order valence-corrected chi connectivity index (χ1v) is 9.92. The van der Waals surface area contributed by atoms with Gasteiger partial charge in [0.1, 0.15) is 11.7 Å². The second-order valence-corrected chi connectivity index (χ2v) is 7.96. The van der Waals surface area contributed by atoms with Gasteiger partial charge >= 0.3 is 6.18 Å². The van der Waals surface area contributed by atoms with Crippen LogP contribution < -0.4 is 15.5 Å². The van der Waals surface area contributed by atoms with Crippen molar-refractivity contribution in [1.29, 1.82) is 0 Å². The lowest BCUT2D eigenvalue weighted by Gasteiger charge is -2.38. The van der Waals surface area contributed by atoms with E-state index in [9.17, 15) is 18.0 Å². The molecule has 3 heterocycles. The maximum absolute atomic E-state index is 12.7. The molecular formula is C19H24F3N7O2. The van der Waals surface area contributed by atoms with Crippen molar-refractivity contribution in [1.82, 2.24) is 19.7 Å². The largest absolute Gasteiger partial charge is 0.435 e. The molecule has 0 radical (unpaired) electrons. The highest BCUT2D eigenvalue weighted by atomic mass is 19.4. The van der Waals surface area contributed by atoms with Crippen LogP contribution in [0.2, 0.25) is 0 Å². The molecule has 2 atom stereocenters. The van der Waals surface area contributed by atoms with Crippen LogP contribution in [0.25, 0.3) is 0 Å². The van der Waals surface area contributed by atoms with E-state index < -0.39 is 17.9 Å². The van der Waals surface area contributed by atoms with Crippen LogP contribution in [-0.2, 0) is 15.7 Å². The number of ether oxygens (including phenoxy) is 1. The molecule has 1 aliphatic heterocycles. The topological polar surface area (TPSA) is 97.2 Å². The monoisotopic (exact) mass is 439 g/mol. The van der Waals surface area contributed by atoms with Gasteiger partial charge in [-0.2, -0.15) is 23.3 Å². The smallest absolute Gasteiger partial charge is 0.379 e. The lowest BCUT2D eigenvalue weighted by atomic mass is 9.87. The Kier molecular flexibility index (Phi) is 5.28. The number of halogens is 3. The van der Waals surface area contributed by atoms with Crippen molar-refractivity contribution in [2.24, 2.45) is 0 Å². The van der Waals surface area contributed by atoms with Gasteiger partial charge in [0.15, 0.2) is 11.5 Å². The summed E-state index contributed by atoms with van der Waals surface area (Å²) in [4.78, 5) is 23.3. The summed E-state index contributed by atoms with van der Waals surface area (Å²) in [6.07, 6.45) is -2.21. The highest BCUT2D eigenvalue weighted by Gasteiger charge is 2.39. The van der Waals surface area contributed by atoms with Gasteiger partial charge in [0.2, 0.25) is 11.9 Å². The molecule has 1 unspecified atom stereocenters. The predicted octanol–water partition coefficient (Wildman–Crippen LogP) is 2.61. The van der Waals surface area contributed by atoms with E-state index in [0.717, 1.165) is 6.07 Å². The minimum Gasteiger partial charge on any atom is -0.379 e. The second-order valence-electron chi connectivity index (χ2n) is 7.96. The number of carbonyl (C=O) groups excluding carboxylic acids is 1. The van der Waals surface area contributed by atoms with Crippen LogP contribution >= 0.6 is 0 Å². The molecule has 0 bridgehead atoms. The first kappa shape index (κ1) is 21.3. The first-order valence-electron chi connectivity index (χ1n) is 9.92. The molecule has 2 aliphatic rings. The van der Waals surface area contributed by atoms with Gasteiger partial charge in [-0.1, -0.05) is 0 Å². The summed E-state index contributed by atoms with van der Waals surface area (Å²) >= 11 is 0. The van der Waals surface area contributed by atoms with Gasteiger partial charge in [-0.15, -0.1) is 0 Å². The van der Waals surface area contributed by atoms with Crippen LogP contribution in [-0.4, -0.2) is 58.0 Å². The molecule has 2 aromatic rings. The van der Waals surface area contributed by atoms with Crippen LogP contribution in [0.3, 0.4) is 0 Å². The molecular weight excluding hydrogens is 415 g/mol. The Hall–Kier alpha value is -2.89. The van der Waals surface area contributed by atoms with E-state index in [0.29, 0.717) is 36.0 Å². The fourth-order valence-corrected chi connectivity index (χ4v) is 3.98. The molecule has 0 spiro atoms. The van der Waals surface area contributed by atoms with Crippen LogP contribution in [0.4, 0.5) is 30.6 Å². The van der Waals surface area contributed by atoms with Gasteiger partial charge in [-0.25, -0.2) is 4.98 Å². The summed E-state index contributed by atoms with van der Waals surface area (Å²) in [5, 5.41) is 9.74. The Bertz CT molecular complexity index is 987. The fourth-order valence-electron chi connectivity index (χ4n) is 3.98. The van der Waals surface area contributed by atoms with Crippen molar-refractivity contribution in [3.63, 3.8) is 0 Å². The summed E-state index contributed by atoms with van der Waals surface area (Å²) in [6, 6.07) is 0.355. The third-order valence-corrected chi connectivity index (χ3v) is 5.87. The zero-order chi connectivity index (χ0) is 22.5. The van der Waals surface area contributed by atoms with Gasteiger partial charge in [-0.3, -0.25) is 9.48 Å². The molecule has 2 aromatic heterocycles. The number of fused-ring (bicyclic) bond motifs is 1. The van der Waals surface area contributed by atoms with Crippen LogP contribution in [0.5, 0.6) is 0 Å². The summed E-state index contributed by atoms with van der Waals surface area (Å²) in [5.74, 6) is 0.806. The molecule has 1 fully saturated rings. The molecule has 2 N–H and O–H groups in total. The maximum Gasteiger partial charge on any atom is 0.435 e. The number of methoxy groups -OCH3 is 1. The van der Waals surface area contributed by atoms with Gasteiger partial charge in [0, 0.05) is 26.4 Å². The predicted molar refractivity (Wildman–Crippen MR) is 107 cm³/mol. The second kappa shape index (κ2) is 7.66. The number of amides is 1. The Morgan fingerprint density at radius 3 is 2.65 bits per heavy atom. The number of alkyl halides is 3.